The third-order valence-electron chi connectivity index (χ3n) is 3.08. The molecule has 0 amide bonds. The molecule has 1 fully saturated rings. The molecule has 0 spiro atoms. The van der Waals surface area contributed by atoms with E-state index in [9.17, 15) is 0 Å². The largest absolute Gasteiger partial charge is 0.376 e. The lowest BCUT2D eigenvalue weighted by atomic mass is 10.1. The van der Waals surface area contributed by atoms with E-state index in [0.717, 1.165) is 30.8 Å². The third kappa shape index (κ3) is 2.85. The summed E-state index contributed by atoms with van der Waals surface area (Å²) in [5.41, 5.74) is 1.05. The first-order valence-electron chi connectivity index (χ1n) is 6.10. The van der Waals surface area contributed by atoms with Gasteiger partial charge in [-0.3, -0.25) is 0 Å². The van der Waals surface area contributed by atoms with Gasteiger partial charge in [-0.15, -0.1) is 0 Å². The van der Waals surface area contributed by atoms with E-state index in [1.165, 1.54) is 0 Å². The maximum Gasteiger partial charge on any atom is 0.224 e. The van der Waals surface area contributed by atoms with Gasteiger partial charge in [-0.05, 0) is 26.7 Å². The van der Waals surface area contributed by atoms with Crippen LogP contribution in [0.4, 0.5) is 11.8 Å². The molecule has 1 aromatic heterocycles. The number of hydrogen-bond donors (Lipinski definition) is 2. The summed E-state index contributed by atoms with van der Waals surface area (Å²) in [7, 11) is 1.82. The van der Waals surface area contributed by atoms with Gasteiger partial charge in [0.05, 0.1) is 12.1 Å². The van der Waals surface area contributed by atoms with Gasteiger partial charge < -0.3 is 15.4 Å². The van der Waals surface area contributed by atoms with Crippen molar-refractivity contribution in [2.75, 3.05) is 24.3 Å². The maximum absolute atomic E-state index is 5.66. The predicted molar refractivity (Wildman–Crippen MR) is 68.4 cm³/mol. The smallest absolute Gasteiger partial charge is 0.224 e. The lowest BCUT2D eigenvalue weighted by molar-refractivity contribution is 0.0995. The van der Waals surface area contributed by atoms with Crippen molar-refractivity contribution < 1.29 is 4.74 Å². The molecular weight excluding hydrogens is 216 g/mol. The van der Waals surface area contributed by atoms with Crippen LogP contribution in [0.5, 0.6) is 0 Å². The van der Waals surface area contributed by atoms with E-state index in [4.69, 9.17) is 4.74 Å². The van der Waals surface area contributed by atoms with Crippen molar-refractivity contribution in [2.45, 2.75) is 38.8 Å². The van der Waals surface area contributed by atoms with Crippen LogP contribution in [0.2, 0.25) is 0 Å². The molecule has 2 unspecified atom stereocenters. The molecular formula is C12H20N4O. The summed E-state index contributed by atoms with van der Waals surface area (Å²) >= 11 is 0. The first-order valence-corrected chi connectivity index (χ1v) is 6.10. The van der Waals surface area contributed by atoms with Crippen molar-refractivity contribution in [1.82, 2.24) is 9.97 Å². The Balaban J connectivity index is 2.06. The predicted octanol–water partition coefficient (Wildman–Crippen LogP) is 1.81. The van der Waals surface area contributed by atoms with Gasteiger partial charge in [0.25, 0.3) is 0 Å². The minimum atomic E-state index is 0.274. The van der Waals surface area contributed by atoms with Crippen LogP contribution in [0, 0.1) is 6.92 Å². The highest BCUT2D eigenvalue weighted by Crippen LogP contribution is 2.20. The van der Waals surface area contributed by atoms with E-state index in [1.54, 1.807) is 0 Å². The SMILES string of the molecule is CNc1ncc(C)c(NC(C)C2CCCO2)n1. The second-order valence-electron chi connectivity index (χ2n) is 4.46. The van der Waals surface area contributed by atoms with Crippen LogP contribution >= 0.6 is 0 Å². The zero-order valence-electron chi connectivity index (χ0n) is 10.7. The molecule has 0 bridgehead atoms. The van der Waals surface area contributed by atoms with Crippen molar-refractivity contribution in [3.8, 4) is 0 Å². The molecule has 1 aliphatic rings. The second kappa shape index (κ2) is 5.31. The standard InChI is InChI=1S/C12H20N4O/c1-8-7-14-12(13-3)16-11(8)15-9(2)10-5-4-6-17-10/h7,9-10H,4-6H2,1-3H3,(H2,13,14,15,16). The van der Waals surface area contributed by atoms with Crippen LogP contribution < -0.4 is 10.6 Å². The molecule has 0 saturated carbocycles. The maximum atomic E-state index is 5.66. The van der Waals surface area contributed by atoms with Gasteiger partial charge in [-0.1, -0.05) is 0 Å². The molecule has 94 valence electrons. The first-order chi connectivity index (χ1) is 8.20. The van der Waals surface area contributed by atoms with Gasteiger partial charge in [0.2, 0.25) is 5.95 Å². The number of nitrogens with one attached hydrogen (secondary N) is 2. The van der Waals surface area contributed by atoms with Gasteiger partial charge >= 0.3 is 0 Å². The van der Waals surface area contributed by atoms with E-state index in [0.29, 0.717) is 12.1 Å². The van der Waals surface area contributed by atoms with E-state index in [2.05, 4.69) is 27.5 Å². The van der Waals surface area contributed by atoms with Gasteiger partial charge in [-0.2, -0.15) is 4.98 Å². The van der Waals surface area contributed by atoms with Crippen LogP contribution in [-0.2, 0) is 4.74 Å². The van der Waals surface area contributed by atoms with Crippen molar-refractivity contribution in [1.29, 1.82) is 0 Å². The van der Waals surface area contributed by atoms with Crippen LogP contribution in [0.25, 0.3) is 0 Å². The summed E-state index contributed by atoms with van der Waals surface area (Å²) in [6.07, 6.45) is 4.39. The molecule has 0 aliphatic carbocycles. The second-order valence-corrected chi connectivity index (χ2v) is 4.46. The molecule has 2 N–H and O–H groups in total. The molecule has 0 radical (unpaired) electrons. The fraction of sp³-hybridized carbons (Fsp3) is 0.667. The summed E-state index contributed by atoms with van der Waals surface area (Å²) in [5, 5.41) is 6.35. The molecule has 2 heterocycles. The zero-order chi connectivity index (χ0) is 12.3. The fourth-order valence-corrected chi connectivity index (χ4v) is 2.01. The summed E-state index contributed by atoms with van der Waals surface area (Å²) in [6.45, 7) is 5.02. The lowest BCUT2D eigenvalue weighted by Gasteiger charge is -2.21. The Morgan fingerprint density at radius 3 is 3.00 bits per heavy atom. The van der Waals surface area contributed by atoms with Gasteiger partial charge in [0, 0.05) is 25.4 Å². The quantitative estimate of drug-likeness (QED) is 0.835. The first kappa shape index (κ1) is 12.1. The summed E-state index contributed by atoms with van der Waals surface area (Å²) in [4.78, 5) is 8.58. The Kier molecular flexibility index (Phi) is 3.78. The van der Waals surface area contributed by atoms with Crippen molar-refractivity contribution in [2.24, 2.45) is 0 Å². The Morgan fingerprint density at radius 1 is 1.53 bits per heavy atom. The Labute approximate surface area is 102 Å². The summed E-state index contributed by atoms with van der Waals surface area (Å²) < 4.78 is 5.66. The monoisotopic (exact) mass is 236 g/mol. The minimum Gasteiger partial charge on any atom is -0.376 e. The number of hydrogen-bond acceptors (Lipinski definition) is 5. The molecule has 1 aliphatic heterocycles. The zero-order valence-corrected chi connectivity index (χ0v) is 10.7. The average molecular weight is 236 g/mol. The highest BCUT2D eigenvalue weighted by molar-refractivity contribution is 5.47. The van der Waals surface area contributed by atoms with Gasteiger partial charge in [0.1, 0.15) is 5.82 Å². The average Bonchev–Trinajstić information content (AvgIpc) is 2.85. The van der Waals surface area contributed by atoms with Crippen molar-refractivity contribution >= 4 is 11.8 Å². The Hall–Kier alpha value is -1.36. The normalized spacial score (nSPS) is 21.2. The molecule has 2 atom stereocenters. The van der Waals surface area contributed by atoms with Crippen LogP contribution in [0.1, 0.15) is 25.3 Å². The van der Waals surface area contributed by atoms with Crippen molar-refractivity contribution in [3.63, 3.8) is 0 Å². The summed E-state index contributed by atoms with van der Waals surface area (Å²) in [5.74, 6) is 1.52. The summed E-state index contributed by atoms with van der Waals surface area (Å²) in [6, 6.07) is 0.274. The Bertz CT molecular complexity index is 377. The van der Waals surface area contributed by atoms with E-state index < -0.39 is 0 Å². The fourth-order valence-electron chi connectivity index (χ4n) is 2.01. The number of aryl methyl sites for hydroxylation is 1. The highest BCUT2D eigenvalue weighted by Gasteiger charge is 2.22. The molecule has 2 rings (SSSR count). The van der Waals surface area contributed by atoms with Gasteiger partial charge in [-0.25, -0.2) is 4.98 Å². The van der Waals surface area contributed by atoms with Crippen LogP contribution in [0.15, 0.2) is 6.20 Å². The molecule has 1 saturated heterocycles. The van der Waals surface area contributed by atoms with E-state index >= 15 is 0 Å². The third-order valence-corrected chi connectivity index (χ3v) is 3.08. The van der Waals surface area contributed by atoms with Crippen LogP contribution in [0.3, 0.4) is 0 Å². The van der Waals surface area contributed by atoms with E-state index in [1.807, 2.05) is 20.2 Å². The van der Waals surface area contributed by atoms with Gasteiger partial charge in [0.15, 0.2) is 0 Å². The lowest BCUT2D eigenvalue weighted by Crippen LogP contribution is -2.30. The molecule has 1 aromatic rings. The number of aromatic nitrogens is 2. The number of ether oxygens (including phenoxy) is 1. The highest BCUT2D eigenvalue weighted by atomic mass is 16.5. The molecule has 0 aromatic carbocycles. The topological polar surface area (TPSA) is 59.1 Å². The minimum absolute atomic E-state index is 0.274. The molecule has 17 heavy (non-hydrogen) atoms. The van der Waals surface area contributed by atoms with E-state index in [-0.39, 0.29) is 6.04 Å². The number of nitrogens with zero attached hydrogens (tertiary/aromatic N) is 2. The number of anilines is 2. The Morgan fingerprint density at radius 2 is 2.35 bits per heavy atom. The van der Waals surface area contributed by atoms with Crippen LogP contribution in [-0.4, -0.2) is 35.8 Å². The van der Waals surface area contributed by atoms with Crippen molar-refractivity contribution in [3.05, 3.63) is 11.8 Å². The molecule has 5 heteroatoms. The number of rotatable bonds is 4. The molecule has 5 nitrogen and oxygen atoms in total.